The third kappa shape index (κ3) is 3.32. The highest BCUT2D eigenvalue weighted by atomic mass is 19.1. The quantitative estimate of drug-likeness (QED) is 0.728. The van der Waals surface area contributed by atoms with Crippen molar-refractivity contribution in [3.63, 3.8) is 0 Å². The minimum Gasteiger partial charge on any atom is -0.336 e. The van der Waals surface area contributed by atoms with E-state index in [4.69, 9.17) is 0 Å². The van der Waals surface area contributed by atoms with E-state index in [1.807, 2.05) is 35.0 Å². The van der Waals surface area contributed by atoms with E-state index in [2.05, 4.69) is 9.88 Å². The Kier molecular flexibility index (Phi) is 4.42. The molecule has 1 aliphatic rings. The topological polar surface area (TPSA) is 40.9 Å². The normalized spacial score (nSPS) is 15.5. The highest BCUT2D eigenvalue weighted by Crippen LogP contribution is 2.14. The van der Waals surface area contributed by atoms with Crippen molar-refractivity contribution in [3.8, 4) is 0 Å². The highest BCUT2D eigenvalue weighted by Gasteiger charge is 2.23. The van der Waals surface area contributed by atoms with Gasteiger partial charge in [0.2, 0.25) is 0 Å². The smallest absolute Gasteiger partial charge is 0.254 e. The molecule has 26 heavy (non-hydrogen) atoms. The number of aromatic nitrogens is 2. The fraction of sp³-hybridized carbons (Fsp3) is 0.300. The monoisotopic (exact) mass is 352 g/mol. The summed E-state index contributed by atoms with van der Waals surface area (Å²) in [5, 5.41) is 0. The van der Waals surface area contributed by atoms with Gasteiger partial charge >= 0.3 is 0 Å². The first-order chi connectivity index (χ1) is 12.6. The molecule has 4 rings (SSSR count). The molecule has 1 aliphatic heterocycles. The summed E-state index contributed by atoms with van der Waals surface area (Å²) in [6.45, 7) is 5.32. The molecule has 3 heterocycles. The summed E-state index contributed by atoms with van der Waals surface area (Å²) < 4.78 is 15.7. The second kappa shape index (κ2) is 6.88. The number of hydrogen-bond acceptors (Lipinski definition) is 3. The van der Waals surface area contributed by atoms with E-state index in [1.165, 1.54) is 6.07 Å². The Bertz CT molecular complexity index is 911. The predicted molar refractivity (Wildman–Crippen MR) is 97.5 cm³/mol. The number of amides is 1. The number of carbonyl (C=O) groups excluding carboxylic acids is 1. The zero-order valence-corrected chi connectivity index (χ0v) is 14.7. The molecule has 0 spiro atoms. The van der Waals surface area contributed by atoms with E-state index in [0.717, 1.165) is 31.0 Å². The standard InChI is InChI=1S/C20H21FN4O/c1-15-5-6-16(12-18(15)21)20(26)24-10-8-23(9-11-24)13-17-14-25-7-3-2-4-19(25)22-17/h2-7,12,14H,8-11,13H2,1H3. The number of carbonyl (C=O) groups is 1. The first-order valence-corrected chi connectivity index (χ1v) is 8.80. The lowest BCUT2D eigenvalue weighted by Gasteiger charge is -2.34. The van der Waals surface area contributed by atoms with Crippen LogP contribution in [0, 0.1) is 12.7 Å². The number of fused-ring (bicyclic) bond motifs is 1. The summed E-state index contributed by atoms with van der Waals surface area (Å²) in [7, 11) is 0. The van der Waals surface area contributed by atoms with E-state index in [9.17, 15) is 9.18 Å². The fourth-order valence-electron chi connectivity index (χ4n) is 3.31. The molecule has 0 bridgehead atoms. The van der Waals surface area contributed by atoms with Gasteiger partial charge < -0.3 is 9.30 Å². The van der Waals surface area contributed by atoms with Gasteiger partial charge in [-0.2, -0.15) is 0 Å². The molecular formula is C20H21FN4O. The Morgan fingerprint density at radius 1 is 1.15 bits per heavy atom. The van der Waals surface area contributed by atoms with E-state index >= 15 is 0 Å². The molecule has 0 saturated carbocycles. The SMILES string of the molecule is Cc1ccc(C(=O)N2CCN(Cc3cn4ccccc4n3)CC2)cc1F. The fourth-order valence-corrected chi connectivity index (χ4v) is 3.31. The van der Waals surface area contributed by atoms with Crippen LogP contribution >= 0.6 is 0 Å². The Morgan fingerprint density at radius 3 is 2.69 bits per heavy atom. The molecule has 1 fully saturated rings. The van der Waals surface area contributed by atoms with Crippen LogP contribution in [0.2, 0.25) is 0 Å². The molecule has 6 heteroatoms. The average Bonchev–Trinajstić information content (AvgIpc) is 3.06. The molecule has 0 unspecified atom stereocenters. The maximum Gasteiger partial charge on any atom is 0.254 e. The van der Waals surface area contributed by atoms with Crippen LogP contribution in [0.4, 0.5) is 4.39 Å². The molecule has 0 radical (unpaired) electrons. The first-order valence-electron chi connectivity index (χ1n) is 8.80. The van der Waals surface area contributed by atoms with Gasteiger partial charge in [-0.05, 0) is 36.8 Å². The number of hydrogen-bond donors (Lipinski definition) is 0. The summed E-state index contributed by atoms with van der Waals surface area (Å²) >= 11 is 0. The Balaban J connectivity index is 1.37. The predicted octanol–water partition coefficient (Wildman–Crippen LogP) is 2.74. The van der Waals surface area contributed by atoms with Crippen molar-refractivity contribution in [2.45, 2.75) is 13.5 Å². The Labute approximate surface area is 151 Å². The Morgan fingerprint density at radius 2 is 1.96 bits per heavy atom. The van der Waals surface area contributed by atoms with Gasteiger partial charge in [-0.1, -0.05) is 12.1 Å². The van der Waals surface area contributed by atoms with Gasteiger partial charge in [-0.3, -0.25) is 9.69 Å². The maximum absolute atomic E-state index is 13.7. The number of nitrogens with zero attached hydrogens (tertiary/aromatic N) is 4. The molecule has 0 aliphatic carbocycles. The zero-order valence-electron chi connectivity index (χ0n) is 14.7. The van der Waals surface area contributed by atoms with Crippen LogP contribution in [0.3, 0.4) is 0 Å². The summed E-state index contributed by atoms with van der Waals surface area (Å²) in [5.74, 6) is -0.433. The van der Waals surface area contributed by atoms with Crippen LogP contribution in [0.1, 0.15) is 21.6 Å². The molecule has 3 aromatic rings. The highest BCUT2D eigenvalue weighted by molar-refractivity contribution is 5.94. The van der Waals surface area contributed by atoms with Crippen LogP contribution in [-0.2, 0) is 6.54 Å². The molecular weight excluding hydrogens is 331 g/mol. The summed E-state index contributed by atoms with van der Waals surface area (Å²) in [6, 6.07) is 10.6. The summed E-state index contributed by atoms with van der Waals surface area (Å²) in [6.07, 6.45) is 4.03. The number of halogens is 1. The van der Waals surface area contributed by atoms with Crippen molar-refractivity contribution in [1.29, 1.82) is 0 Å². The molecule has 1 saturated heterocycles. The van der Waals surface area contributed by atoms with Crippen molar-refractivity contribution in [2.75, 3.05) is 26.2 Å². The second-order valence-corrected chi connectivity index (χ2v) is 6.73. The average molecular weight is 352 g/mol. The number of rotatable bonds is 3. The van der Waals surface area contributed by atoms with Crippen molar-refractivity contribution in [1.82, 2.24) is 19.2 Å². The number of imidazole rings is 1. The van der Waals surface area contributed by atoms with Crippen molar-refractivity contribution < 1.29 is 9.18 Å². The van der Waals surface area contributed by atoms with Crippen LogP contribution in [0.25, 0.3) is 5.65 Å². The minimum absolute atomic E-state index is 0.101. The molecule has 2 aromatic heterocycles. The van der Waals surface area contributed by atoms with Crippen LogP contribution in [-0.4, -0.2) is 51.3 Å². The Hall–Kier alpha value is -2.73. The van der Waals surface area contributed by atoms with Crippen molar-refractivity contribution in [2.24, 2.45) is 0 Å². The molecule has 1 amide bonds. The summed E-state index contributed by atoms with van der Waals surface area (Å²) in [5.41, 5.74) is 2.94. The van der Waals surface area contributed by atoms with Gasteiger partial charge in [-0.15, -0.1) is 0 Å². The lowest BCUT2D eigenvalue weighted by molar-refractivity contribution is 0.0626. The summed E-state index contributed by atoms with van der Waals surface area (Å²) in [4.78, 5) is 21.3. The minimum atomic E-state index is -0.332. The van der Waals surface area contributed by atoms with Crippen LogP contribution in [0.5, 0.6) is 0 Å². The van der Waals surface area contributed by atoms with Gasteiger partial charge in [0, 0.05) is 50.7 Å². The first kappa shape index (κ1) is 16.7. The van der Waals surface area contributed by atoms with Gasteiger partial charge in [-0.25, -0.2) is 9.37 Å². The van der Waals surface area contributed by atoms with Crippen LogP contribution < -0.4 is 0 Å². The molecule has 0 N–H and O–H groups in total. The zero-order chi connectivity index (χ0) is 18.1. The molecule has 0 atom stereocenters. The lowest BCUT2D eigenvalue weighted by atomic mass is 10.1. The number of aryl methyl sites for hydroxylation is 1. The maximum atomic E-state index is 13.7. The lowest BCUT2D eigenvalue weighted by Crippen LogP contribution is -2.48. The molecule has 1 aromatic carbocycles. The number of piperazine rings is 1. The van der Waals surface area contributed by atoms with Gasteiger partial charge in [0.05, 0.1) is 5.69 Å². The van der Waals surface area contributed by atoms with Gasteiger partial charge in [0.25, 0.3) is 5.91 Å². The van der Waals surface area contributed by atoms with E-state index in [1.54, 1.807) is 24.0 Å². The van der Waals surface area contributed by atoms with E-state index in [-0.39, 0.29) is 11.7 Å². The van der Waals surface area contributed by atoms with E-state index in [0.29, 0.717) is 24.2 Å². The van der Waals surface area contributed by atoms with Gasteiger partial charge in [0.15, 0.2) is 0 Å². The largest absolute Gasteiger partial charge is 0.336 e. The third-order valence-corrected chi connectivity index (χ3v) is 4.88. The van der Waals surface area contributed by atoms with Crippen molar-refractivity contribution >= 4 is 11.6 Å². The van der Waals surface area contributed by atoms with Gasteiger partial charge in [0.1, 0.15) is 11.5 Å². The molecule has 134 valence electrons. The van der Waals surface area contributed by atoms with E-state index < -0.39 is 0 Å². The second-order valence-electron chi connectivity index (χ2n) is 6.73. The third-order valence-electron chi connectivity index (χ3n) is 4.88. The molecule has 5 nitrogen and oxygen atoms in total. The van der Waals surface area contributed by atoms with Crippen LogP contribution in [0.15, 0.2) is 48.8 Å². The van der Waals surface area contributed by atoms with Crippen molar-refractivity contribution in [3.05, 3.63) is 71.4 Å². The number of benzene rings is 1. The number of pyridine rings is 1.